The Kier molecular flexibility index (Phi) is 13.7. The SMILES string of the molecule is C=C/C=C\c1cccc(-c2c3ccccc3c(-c3ccc4c(c3)sc3c5ccccc5c5c6cc(-c7cc/c(=C/C(=C)C8=c9cccc/c9=C(C(=C)c9cc%10c(cc9-c9cc%11ccccc%11s9)oc9ccccc9%10)/C=C/CCC=C8)c(=C)c7)ccc6oc5c43)c3ccccc23)c1. The summed E-state index contributed by atoms with van der Waals surface area (Å²) < 4.78 is 17.3. The number of rotatable bonds is 10. The van der Waals surface area contributed by atoms with Gasteiger partial charge in [-0.15, -0.1) is 22.7 Å². The van der Waals surface area contributed by atoms with Crippen LogP contribution in [0.2, 0.25) is 0 Å². The van der Waals surface area contributed by atoms with E-state index < -0.39 is 0 Å². The van der Waals surface area contributed by atoms with E-state index in [2.05, 4.69) is 280 Å². The normalized spacial score (nSPS) is 14.1. The Morgan fingerprint density at radius 1 is 0.438 bits per heavy atom. The molecular weight excluding hydrogens is 1200 g/mol. The van der Waals surface area contributed by atoms with Gasteiger partial charge >= 0.3 is 0 Å². The van der Waals surface area contributed by atoms with Crippen LogP contribution in [0.15, 0.2) is 313 Å². The summed E-state index contributed by atoms with van der Waals surface area (Å²) in [5.41, 5.74) is 17.8. The molecule has 4 heterocycles. The Hall–Kier alpha value is -11.7. The van der Waals surface area contributed by atoms with Gasteiger partial charge in [0.1, 0.15) is 22.3 Å². The van der Waals surface area contributed by atoms with Crippen LogP contribution in [0.5, 0.6) is 0 Å². The van der Waals surface area contributed by atoms with Crippen LogP contribution in [0, 0.1) is 0 Å². The van der Waals surface area contributed by atoms with E-state index in [9.17, 15) is 0 Å². The van der Waals surface area contributed by atoms with Crippen molar-refractivity contribution >= 4 is 165 Å². The monoisotopic (exact) mass is 1260 g/mol. The molecule has 0 bridgehead atoms. The molecule has 13 aromatic carbocycles. The lowest BCUT2D eigenvalue weighted by Crippen LogP contribution is -2.29. The highest BCUT2D eigenvalue weighted by molar-refractivity contribution is 7.27. The molecule has 4 heteroatoms. The van der Waals surface area contributed by atoms with Crippen LogP contribution in [0.1, 0.15) is 24.0 Å². The van der Waals surface area contributed by atoms with E-state index in [1.165, 1.54) is 84.3 Å². The number of hydrogen-bond donors (Lipinski definition) is 0. The van der Waals surface area contributed by atoms with E-state index in [-0.39, 0.29) is 0 Å². The summed E-state index contributed by atoms with van der Waals surface area (Å²) in [5, 5.41) is 19.4. The fraction of sp³-hybridized carbons (Fsp3) is 0.0217. The summed E-state index contributed by atoms with van der Waals surface area (Å²) in [6.45, 7) is 18.4. The van der Waals surface area contributed by atoms with Crippen molar-refractivity contribution in [1.29, 1.82) is 0 Å². The molecule has 0 radical (unpaired) electrons. The number of allylic oxidation sites excluding steroid dienone is 8. The van der Waals surface area contributed by atoms with Crippen molar-refractivity contribution in [1.82, 2.24) is 0 Å². The molecule has 96 heavy (non-hydrogen) atoms. The molecule has 0 unspecified atom stereocenters. The number of fused-ring (bicyclic) bond motifs is 17. The molecule has 0 atom stereocenters. The van der Waals surface area contributed by atoms with Crippen molar-refractivity contribution in [2.75, 3.05) is 0 Å². The molecule has 0 N–H and O–H groups in total. The predicted molar refractivity (Wildman–Crippen MR) is 417 cm³/mol. The summed E-state index contributed by atoms with van der Waals surface area (Å²) in [6, 6.07) is 88.3. The zero-order chi connectivity index (χ0) is 64.1. The van der Waals surface area contributed by atoms with Crippen molar-refractivity contribution in [3.8, 4) is 43.8 Å². The van der Waals surface area contributed by atoms with Crippen LogP contribution in [0.3, 0.4) is 0 Å². The third-order valence-electron chi connectivity index (χ3n) is 19.5. The first-order valence-corrected chi connectivity index (χ1v) is 34.3. The van der Waals surface area contributed by atoms with Crippen molar-refractivity contribution in [2.45, 2.75) is 12.8 Å². The topological polar surface area (TPSA) is 26.3 Å². The van der Waals surface area contributed by atoms with Crippen LogP contribution in [0.25, 0.3) is 186 Å². The smallest absolute Gasteiger partial charge is 0.145 e. The fourth-order valence-electron chi connectivity index (χ4n) is 15.0. The van der Waals surface area contributed by atoms with E-state index in [0.29, 0.717) is 0 Å². The number of thiophene rings is 2. The number of para-hydroxylation sites is 1. The van der Waals surface area contributed by atoms with Gasteiger partial charge in [-0.2, -0.15) is 0 Å². The average molecular weight is 1260 g/mol. The minimum Gasteiger partial charge on any atom is -0.456 e. The average Bonchev–Trinajstić information content (AvgIpc) is 1.65. The minimum atomic E-state index is 0.860. The summed E-state index contributed by atoms with van der Waals surface area (Å²) in [5.74, 6) is 0. The second-order valence-corrected chi connectivity index (χ2v) is 27.2. The van der Waals surface area contributed by atoms with Crippen molar-refractivity contribution < 1.29 is 8.83 Å². The Labute approximate surface area is 562 Å². The predicted octanol–water partition coefficient (Wildman–Crippen LogP) is 23.8. The summed E-state index contributed by atoms with van der Waals surface area (Å²) in [4.78, 5) is 1.17. The standard InChI is InChI=1S/C92H60O2S2/c1-5-6-24-58-25-23-27-63(49-58)87-70-33-14-16-35-72(70)88(73-36-17-15-34-71(73)87)64-43-45-76-85(52-64)96-92-75-38-19-18-37-74(75)89-80-50-61(44-46-82(80)94-91(89)90(76)92)60-42-41-59(55(2)47-60)48-56(3)65-28-9-7-8-10-29-66(68-31-13-12-30-67(65)68)57(4)77-53-78-69-32-20-21-39-81(69)93-83(78)54-79(77)86-51-62-26-11-22-40-84(62)95-86/h5-6,9-54H,1-4,7-8H2/b24-6-,28-9?,29-10+,59-48-,67-65?,68-66+. The Bertz CT molecular complexity index is 6510. The lowest BCUT2D eigenvalue weighted by atomic mass is 9.85. The van der Waals surface area contributed by atoms with Gasteiger partial charge < -0.3 is 8.83 Å². The van der Waals surface area contributed by atoms with Gasteiger partial charge in [0, 0.05) is 62.2 Å². The molecule has 2 nitrogen and oxygen atoms in total. The maximum atomic E-state index is 7.10. The van der Waals surface area contributed by atoms with Gasteiger partial charge in [0.15, 0.2) is 0 Å². The highest BCUT2D eigenvalue weighted by atomic mass is 32.1. The second kappa shape index (κ2) is 23.1. The van der Waals surface area contributed by atoms with Crippen LogP contribution in [-0.2, 0) is 0 Å². The molecule has 0 aliphatic heterocycles. The second-order valence-electron chi connectivity index (χ2n) is 25.1. The van der Waals surface area contributed by atoms with Gasteiger partial charge in [0.05, 0.1) is 0 Å². The van der Waals surface area contributed by atoms with Gasteiger partial charge in [0.2, 0.25) is 0 Å². The molecule has 452 valence electrons. The highest BCUT2D eigenvalue weighted by Gasteiger charge is 2.24. The fourth-order valence-corrected chi connectivity index (χ4v) is 17.3. The molecule has 1 aliphatic rings. The van der Waals surface area contributed by atoms with E-state index in [4.69, 9.17) is 28.6 Å². The first-order valence-electron chi connectivity index (χ1n) is 32.7. The summed E-state index contributed by atoms with van der Waals surface area (Å²) >= 11 is 3.66. The molecule has 0 amide bonds. The first-order chi connectivity index (χ1) is 47.3. The maximum Gasteiger partial charge on any atom is 0.145 e. The molecule has 17 aromatic rings. The molecule has 0 fully saturated rings. The zero-order valence-corrected chi connectivity index (χ0v) is 54.2. The van der Waals surface area contributed by atoms with E-state index in [1.54, 1.807) is 11.3 Å². The van der Waals surface area contributed by atoms with E-state index >= 15 is 0 Å². The molecule has 0 saturated carbocycles. The molecular formula is C92H60O2S2. The highest BCUT2D eigenvalue weighted by Crippen LogP contribution is 2.51. The minimum absolute atomic E-state index is 0.860. The molecule has 18 rings (SSSR count). The van der Waals surface area contributed by atoms with Crippen LogP contribution in [0.4, 0.5) is 0 Å². The third-order valence-corrected chi connectivity index (χ3v) is 21.8. The van der Waals surface area contributed by atoms with Gasteiger partial charge in [-0.05, 0) is 200 Å². The Balaban J connectivity index is 0.728. The molecule has 1 aliphatic carbocycles. The van der Waals surface area contributed by atoms with Crippen molar-refractivity contribution in [3.05, 3.63) is 336 Å². The first kappa shape index (κ1) is 57.0. The largest absolute Gasteiger partial charge is 0.456 e. The maximum absolute atomic E-state index is 7.10. The number of furan rings is 2. The summed E-state index contributed by atoms with van der Waals surface area (Å²) in [6.07, 6.45) is 19.0. The third kappa shape index (κ3) is 9.43. The van der Waals surface area contributed by atoms with Gasteiger partial charge in [-0.25, -0.2) is 0 Å². The van der Waals surface area contributed by atoms with E-state index in [1.807, 2.05) is 29.6 Å². The Morgan fingerprint density at radius 3 is 1.82 bits per heavy atom. The summed E-state index contributed by atoms with van der Waals surface area (Å²) in [7, 11) is 0. The van der Waals surface area contributed by atoms with Crippen LogP contribution in [-0.4, -0.2) is 0 Å². The quantitative estimate of drug-likeness (QED) is 0.101. The zero-order valence-electron chi connectivity index (χ0n) is 52.6. The Morgan fingerprint density at radius 2 is 1.07 bits per heavy atom. The number of benzene rings is 13. The molecule has 4 aromatic heterocycles. The van der Waals surface area contributed by atoms with Gasteiger partial charge in [-0.3, -0.25) is 0 Å². The van der Waals surface area contributed by atoms with Gasteiger partial charge in [0.25, 0.3) is 0 Å². The van der Waals surface area contributed by atoms with Crippen LogP contribution < -0.4 is 20.9 Å². The van der Waals surface area contributed by atoms with E-state index in [0.717, 1.165) is 133 Å². The molecule has 0 saturated heterocycles. The molecule has 0 spiro atoms. The lowest BCUT2D eigenvalue weighted by molar-refractivity contribution is 0.669. The van der Waals surface area contributed by atoms with Gasteiger partial charge in [-0.1, -0.05) is 251 Å². The lowest BCUT2D eigenvalue weighted by Gasteiger charge is -2.18. The van der Waals surface area contributed by atoms with Crippen molar-refractivity contribution in [3.63, 3.8) is 0 Å². The number of hydrogen-bond acceptors (Lipinski definition) is 4. The van der Waals surface area contributed by atoms with Crippen LogP contribution >= 0.6 is 22.7 Å². The van der Waals surface area contributed by atoms with Crippen molar-refractivity contribution in [2.24, 2.45) is 0 Å².